The summed E-state index contributed by atoms with van der Waals surface area (Å²) in [7, 11) is 0. The molecular formula is C21H21FN4OS. The van der Waals surface area contributed by atoms with Gasteiger partial charge in [0.1, 0.15) is 5.82 Å². The average Bonchev–Trinajstić information content (AvgIpc) is 3.44. The molecule has 1 atom stereocenters. The lowest BCUT2D eigenvalue weighted by Gasteiger charge is -2.13. The summed E-state index contributed by atoms with van der Waals surface area (Å²) in [5, 5.41) is 11.7. The Bertz CT molecular complexity index is 998. The van der Waals surface area contributed by atoms with E-state index in [1.807, 2.05) is 42.7 Å². The summed E-state index contributed by atoms with van der Waals surface area (Å²) in [4.78, 5) is 12.6. The van der Waals surface area contributed by atoms with E-state index in [9.17, 15) is 9.18 Å². The zero-order valence-corrected chi connectivity index (χ0v) is 16.5. The fourth-order valence-corrected chi connectivity index (χ4v) is 3.86. The Balaban J connectivity index is 1.54. The van der Waals surface area contributed by atoms with Gasteiger partial charge in [0.15, 0.2) is 11.0 Å². The second kappa shape index (κ2) is 7.75. The number of halogens is 1. The van der Waals surface area contributed by atoms with Crippen LogP contribution in [-0.2, 0) is 4.79 Å². The number of nitrogens with zero attached hydrogens (tertiary/aromatic N) is 3. The molecule has 3 aromatic rings. The van der Waals surface area contributed by atoms with Crippen molar-refractivity contribution in [1.82, 2.24) is 14.8 Å². The van der Waals surface area contributed by atoms with Crippen molar-refractivity contribution in [3.8, 4) is 11.4 Å². The molecule has 1 aliphatic rings. The van der Waals surface area contributed by atoms with Crippen LogP contribution in [0.5, 0.6) is 0 Å². The van der Waals surface area contributed by atoms with Crippen molar-refractivity contribution in [2.45, 2.75) is 43.1 Å². The molecular weight excluding hydrogens is 375 g/mol. The molecule has 1 aromatic heterocycles. The predicted molar refractivity (Wildman–Crippen MR) is 109 cm³/mol. The van der Waals surface area contributed by atoms with Crippen LogP contribution in [0.1, 0.15) is 31.4 Å². The fourth-order valence-electron chi connectivity index (χ4n) is 2.94. The number of carbonyl (C=O) groups excluding carboxylic acids is 1. The van der Waals surface area contributed by atoms with Crippen molar-refractivity contribution >= 4 is 23.4 Å². The molecule has 0 radical (unpaired) electrons. The minimum Gasteiger partial charge on any atom is -0.325 e. The Morgan fingerprint density at radius 2 is 1.89 bits per heavy atom. The highest BCUT2D eigenvalue weighted by Gasteiger charge is 2.32. The molecule has 144 valence electrons. The molecule has 0 saturated heterocycles. The van der Waals surface area contributed by atoms with Gasteiger partial charge >= 0.3 is 0 Å². The highest BCUT2D eigenvalue weighted by molar-refractivity contribution is 8.00. The molecule has 1 unspecified atom stereocenters. The maximum atomic E-state index is 14.3. The Hall–Kier alpha value is -2.67. The third-order valence-electron chi connectivity index (χ3n) is 4.66. The number of nitrogens with one attached hydrogen (secondary N) is 1. The second-order valence-corrected chi connectivity index (χ2v) is 8.31. The highest BCUT2D eigenvalue weighted by Crippen LogP contribution is 2.42. The number of hydrogen-bond acceptors (Lipinski definition) is 4. The van der Waals surface area contributed by atoms with Crippen molar-refractivity contribution in [3.63, 3.8) is 0 Å². The molecule has 2 aromatic carbocycles. The quantitative estimate of drug-likeness (QED) is 0.605. The maximum absolute atomic E-state index is 14.3. The number of benzene rings is 2. The van der Waals surface area contributed by atoms with Crippen molar-refractivity contribution in [2.75, 3.05) is 5.32 Å². The number of carbonyl (C=O) groups is 1. The van der Waals surface area contributed by atoms with Gasteiger partial charge in [-0.25, -0.2) is 4.39 Å². The summed E-state index contributed by atoms with van der Waals surface area (Å²) >= 11 is 1.35. The van der Waals surface area contributed by atoms with E-state index in [-0.39, 0.29) is 23.0 Å². The SMILES string of the molecule is Cc1ccc(NC(=O)C(C)Sc2nnc(-c3ccccc3F)n2C2CC2)cc1. The lowest BCUT2D eigenvalue weighted by atomic mass is 10.2. The fraction of sp³-hybridized carbons (Fsp3) is 0.286. The van der Waals surface area contributed by atoms with Gasteiger partial charge < -0.3 is 5.32 Å². The van der Waals surface area contributed by atoms with Gasteiger partial charge in [-0.3, -0.25) is 9.36 Å². The second-order valence-electron chi connectivity index (χ2n) is 7.00. The Kier molecular flexibility index (Phi) is 5.17. The summed E-state index contributed by atoms with van der Waals surface area (Å²) in [6.07, 6.45) is 2.02. The van der Waals surface area contributed by atoms with E-state index >= 15 is 0 Å². The topological polar surface area (TPSA) is 59.8 Å². The summed E-state index contributed by atoms with van der Waals surface area (Å²) in [6, 6.07) is 14.5. The van der Waals surface area contributed by atoms with Gasteiger partial charge in [-0.1, -0.05) is 41.6 Å². The van der Waals surface area contributed by atoms with Gasteiger partial charge in [0.25, 0.3) is 0 Å². The predicted octanol–water partition coefficient (Wildman–Crippen LogP) is 4.85. The molecule has 1 fully saturated rings. The number of aromatic nitrogens is 3. The number of amides is 1. The molecule has 1 N–H and O–H groups in total. The van der Waals surface area contributed by atoms with E-state index in [0.717, 1.165) is 24.1 Å². The van der Waals surface area contributed by atoms with Gasteiger partial charge in [-0.2, -0.15) is 0 Å². The summed E-state index contributed by atoms with van der Waals surface area (Å²) in [6.45, 7) is 3.84. The molecule has 1 amide bonds. The standard InChI is InChI=1S/C21H21FN4OS/c1-13-7-9-15(10-8-13)23-20(27)14(2)28-21-25-24-19(26(21)16-11-12-16)17-5-3-4-6-18(17)22/h3-10,14,16H,11-12H2,1-2H3,(H,23,27). The summed E-state index contributed by atoms with van der Waals surface area (Å²) < 4.78 is 16.2. The summed E-state index contributed by atoms with van der Waals surface area (Å²) in [5.41, 5.74) is 2.34. The molecule has 4 rings (SSSR count). The van der Waals surface area contributed by atoms with Gasteiger partial charge in [-0.05, 0) is 51.0 Å². The minimum atomic E-state index is -0.364. The monoisotopic (exact) mass is 396 g/mol. The number of rotatable bonds is 6. The number of hydrogen-bond donors (Lipinski definition) is 1. The van der Waals surface area contributed by atoms with Crippen molar-refractivity contribution in [2.24, 2.45) is 0 Å². The molecule has 7 heteroatoms. The number of thioether (sulfide) groups is 1. The molecule has 1 aliphatic carbocycles. The van der Waals surface area contributed by atoms with E-state index in [1.54, 1.807) is 18.2 Å². The first-order chi connectivity index (χ1) is 13.5. The van der Waals surface area contributed by atoms with Crippen molar-refractivity contribution in [1.29, 1.82) is 0 Å². The van der Waals surface area contributed by atoms with Crippen molar-refractivity contribution < 1.29 is 9.18 Å². The molecule has 1 saturated carbocycles. The third kappa shape index (κ3) is 3.94. The molecule has 28 heavy (non-hydrogen) atoms. The van der Waals surface area contributed by atoms with Crippen LogP contribution in [0.4, 0.5) is 10.1 Å². The van der Waals surface area contributed by atoms with Crippen LogP contribution in [0.3, 0.4) is 0 Å². The summed E-state index contributed by atoms with van der Waals surface area (Å²) in [5.74, 6) is 0.0967. The lowest BCUT2D eigenvalue weighted by molar-refractivity contribution is -0.115. The minimum absolute atomic E-state index is 0.105. The van der Waals surface area contributed by atoms with E-state index in [2.05, 4.69) is 15.5 Å². The normalized spacial score (nSPS) is 14.7. The van der Waals surface area contributed by atoms with Crippen LogP contribution in [0.2, 0.25) is 0 Å². The lowest BCUT2D eigenvalue weighted by Crippen LogP contribution is -2.23. The van der Waals surface area contributed by atoms with E-state index in [1.165, 1.54) is 17.8 Å². The van der Waals surface area contributed by atoms with Crippen molar-refractivity contribution in [3.05, 3.63) is 59.9 Å². The van der Waals surface area contributed by atoms with E-state index in [0.29, 0.717) is 16.5 Å². The van der Waals surface area contributed by atoms with E-state index in [4.69, 9.17) is 0 Å². The van der Waals surface area contributed by atoms with Gasteiger partial charge in [-0.15, -0.1) is 10.2 Å². The van der Waals surface area contributed by atoms with Gasteiger partial charge in [0.2, 0.25) is 5.91 Å². The Morgan fingerprint density at radius 1 is 1.18 bits per heavy atom. The zero-order valence-electron chi connectivity index (χ0n) is 15.7. The Morgan fingerprint density at radius 3 is 2.57 bits per heavy atom. The third-order valence-corrected chi connectivity index (χ3v) is 5.72. The van der Waals surface area contributed by atoms with Crippen LogP contribution >= 0.6 is 11.8 Å². The van der Waals surface area contributed by atoms with Crippen LogP contribution in [-0.4, -0.2) is 25.9 Å². The van der Waals surface area contributed by atoms with Gasteiger partial charge in [0, 0.05) is 11.7 Å². The van der Waals surface area contributed by atoms with E-state index < -0.39 is 0 Å². The van der Waals surface area contributed by atoms with Crippen LogP contribution < -0.4 is 5.32 Å². The van der Waals surface area contributed by atoms with Gasteiger partial charge in [0.05, 0.1) is 10.8 Å². The first kappa shape index (κ1) is 18.7. The Labute approximate surface area is 167 Å². The first-order valence-electron chi connectivity index (χ1n) is 9.27. The largest absolute Gasteiger partial charge is 0.325 e. The average molecular weight is 396 g/mol. The first-order valence-corrected chi connectivity index (χ1v) is 10.1. The molecule has 5 nitrogen and oxygen atoms in total. The number of anilines is 1. The molecule has 1 heterocycles. The van der Waals surface area contributed by atoms with Crippen LogP contribution in [0.25, 0.3) is 11.4 Å². The van der Waals surface area contributed by atoms with Crippen LogP contribution in [0.15, 0.2) is 53.7 Å². The van der Waals surface area contributed by atoms with Crippen LogP contribution in [0, 0.1) is 12.7 Å². The highest BCUT2D eigenvalue weighted by atomic mass is 32.2. The smallest absolute Gasteiger partial charge is 0.237 e. The molecule has 0 spiro atoms. The zero-order chi connectivity index (χ0) is 19.7. The maximum Gasteiger partial charge on any atom is 0.237 e. The number of aryl methyl sites for hydroxylation is 1. The molecule has 0 bridgehead atoms. The molecule has 0 aliphatic heterocycles.